The summed E-state index contributed by atoms with van der Waals surface area (Å²) in [5.41, 5.74) is 2.01. The third kappa shape index (κ3) is 6.95. The van der Waals surface area contributed by atoms with Gasteiger partial charge in [0.2, 0.25) is 5.91 Å². The van der Waals surface area contributed by atoms with Gasteiger partial charge in [-0.05, 0) is 54.8 Å². The highest BCUT2D eigenvalue weighted by molar-refractivity contribution is 6.32. The van der Waals surface area contributed by atoms with E-state index < -0.39 is 0 Å². The van der Waals surface area contributed by atoms with Crippen LogP contribution in [-0.4, -0.2) is 37.6 Å². The Morgan fingerprint density at radius 2 is 1.90 bits per heavy atom. The van der Waals surface area contributed by atoms with Gasteiger partial charge in [-0.2, -0.15) is 0 Å². The van der Waals surface area contributed by atoms with Crippen LogP contribution >= 0.6 is 35.6 Å². The third-order valence-corrected chi connectivity index (χ3v) is 5.40. The van der Waals surface area contributed by atoms with Crippen molar-refractivity contribution in [2.45, 2.75) is 32.4 Å². The Kier molecular flexibility index (Phi) is 10.1. The minimum absolute atomic E-state index is 0. The number of nitrogens with one attached hydrogen (secondary N) is 1. The van der Waals surface area contributed by atoms with Crippen LogP contribution in [0.5, 0.6) is 11.5 Å². The fourth-order valence-electron chi connectivity index (χ4n) is 3.32. The minimum atomic E-state index is 0. The lowest BCUT2D eigenvalue weighted by Gasteiger charge is -2.16. The van der Waals surface area contributed by atoms with Crippen LogP contribution in [0.3, 0.4) is 0 Å². The zero-order valence-corrected chi connectivity index (χ0v) is 19.3. The number of rotatable bonds is 10. The average Bonchev–Trinajstić information content (AvgIpc) is 3.12. The number of hydrogen-bond donors (Lipinski definition) is 1. The van der Waals surface area contributed by atoms with Crippen molar-refractivity contribution < 1.29 is 14.3 Å². The Morgan fingerprint density at radius 1 is 1.13 bits per heavy atom. The molecule has 2 aromatic rings. The number of likely N-dealkylation sites (tertiary alicyclic amines) is 1. The molecule has 0 radical (unpaired) electrons. The minimum Gasteiger partial charge on any atom is -0.493 e. The van der Waals surface area contributed by atoms with Gasteiger partial charge in [0, 0.05) is 31.1 Å². The molecule has 0 saturated carbocycles. The van der Waals surface area contributed by atoms with Crippen LogP contribution in [0, 0.1) is 0 Å². The number of amides is 1. The lowest BCUT2D eigenvalue weighted by atomic mass is 10.2. The van der Waals surface area contributed by atoms with Gasteiger partial charge in [0.25, 0.3) is 0 Å². The van der Waals surface area contributed by atoms with Gasteiger partial charge in [-0.15, -0.1) is 12.4 Å². The number of carbonyl (C=O) groups is 1. The fourth-order valence-corrected chi connectivity index (χ4v) is 3.73. The van der Waals surface area contributed by atoms with Gasteiger partial charge >= 0.3 is 0 Å². The normalized spacial score (nSPS) is 13.3. The molecule has 1 saturated heterocycles. The van der Waals surface area contributed by atoms with Crippen LogP contribution in [0.15, 0.2) is 36.4 Å². The number of hydrogen-bond acceptors (Lipinski definition) is 4. The number of methoxy groups -OCH3 is 1. The van der Waals surface area contributed by atoms with Crippen molar-refractivity contribution in [3.05, 3.63) is 57.6 Å². The van der Waals surface area contributed by atoms with E-state index in [1.54, 1.807) is 7.11 Å². The van der Waals surface area contributed by atoms with E-state index in [1.165, 1.54) is 0 Å². The summed E-state index contributed by atoms with van der Waals surface area (Å²) in [6.45, 7) is 3.58. The van der Waals surface area contributed by atoms with E-state index in [-0.39, 0.29) is 18.3 Å². The Balaban J connectivity index is 0.00000320. The highest BCUT2D eigenvalue weighted by Gasteiger charge is 2.19. The maximum absolute atomic E-state index is 11.6. The Hall–Kier alpha value is -1.66. The van der Waals surface area contributed by atoms with Crippen LogP contribution in [-0.2, 0) is 17.9 Å². The number of nitrogens with zero attached hydrogens (tertiary/aromatic N) is 1. The summed E-state index contributed by atoms with van der Waals surface area (Å²) in [6, 6.07) is 11.3. The standard InChI is InChI=1S/C22H26Cl2N2O3.ClH/c1-28-20-13-17(14-25-9-3-11-26-10-2-4-21(26)27)12-19(24)22(20)29-15-16-5-7-18(23)8-6-16;/h5-8,12-13,25H,2-4,9-11,14-15H2,1H3;1H. The monoisotopic (exact) mass is 472 g/mol. The molecular formula is C22H27Cl3N2O3. The van der Waals surface area contributed by atoms with Gasteiger partial charge in [-0.3, -0.25) is 4.79 Å². The summed E-state index contributed by atoms with van der Waals surface area (Å²) < 4.78 is 11.4. The van der Waals surface area contributed by atoms with Gasteiger partial charge in [-0.1, -0.05) is 35.3 Å². The maximum Gasteiger partial charge on any atom is 0.222 e. The Bertz CT molecular complexity index is 831. The van der Waals surface area contributed by atoms with Crippen molar-refractivity contribution in [1.82, 2.24) is 10.2 Å². The lowest BCUT2D eigenvalue weighted by molar-refractivity contribution is -0.127. The van der Waals surface area contributed by atoms with Crippen molar-refractivity contribution >= 4 is 41.5 Å². The second-order valence-corrected chi connectivity index (χ2v) is 7.88. The highest BCUT2D eigenvalue weighted by atomic mass is 35.5. The highest BCUT2D eigenvalue weighted by Crippen LogP contribution is 2.37. The van der Waals surface area contributed by atoms with Crippen LogP contribution < -0.4 is 14.8 Å². The molecule has 1 amide bonds. The quantitative estimate of drug-likeness (QED) is 0.488. The summed E-state index contributed by atoms with van der Waals surface area (Å²) in [5.74, 6) is 1.40. The molecule has 5 nitrogen and oxygen atoms in total. The van der Waals surface area contributed by atoms with Gasteiger partial charge < -0.3 is 19.7 Å². The van der Waals surface area contributed by atoms with Gasteiger partial charge in [0.1, 0.15) is 6.61 Å². The number of halogens is 3. The van der Waals surface area contributed by atoms with Gasteiger partial charge in [0.15, 0.2) is 11.5 Å². The molecule has 1 fully saturated rings. The number of benzene rings is 2. The third-order valence-electron chi connectivity index (χ3n) is 4.87. The van der Waals surface area contributed by atoms with E-state index in [0.717, 1.165) is 43.6 Å². The first-order valence-corrected chi connectivity index (χ1v) is 10.5. The van der Waals surface area contributed by atoms with Crippen LogP contribution in [0.2, 0.25) is 10.0 Å². The molecule has 3 rings (SSSR count). The topological polar surface area (TPSA) is 50.8 Å². The van der Waals surface area contributed by atoms with E-state index in [0.29, 0.717) is 41.1 Å². The molecule has 0 aromatic heterocycles. The summed E-state index contributed by atoms with van der Waals surface area (Å²) in [7, 11) is 1.60. The zero-order chi connectivity index (χ0) is 20.6. The Labute approximate surface area is 194 Å². The summed E-state index contributed by atoms with van der Waals surface area (Å²) >= 11 is 12.4. The van der Waals surface area contributed by atoms with Crippen molar-refractivity contribution in [3.8, 4) is 11.5 Å². The molecule has 0 aliphatic carbocycles. The first-order valence-electron chi connectivity index (χ1n) is 9.79. The molecule has 30 heavy (non-hydrogen) atoms. The Morgan fingerprint density at radius 3 is 2.57 bits per heavy atom. The van der Waals surface area contributed by atoms with Crippen molar-refractivity contribution in [1.29, 1.82) is 0 Å². The van der Waals surface area contributed by atoms with Crippen LogP contribution in [0.25, 0.3) is 0 Å². The molecule has 1 N–H and O–H groups in total. The fraction of sp³-hybridized carbons (Fsp3) is 0.409. The van der Waals surface area contributed by atoms with Crippen molar-refractivity contribution in [3.63, 3.8) is 0 Å². The molecule has 1 heterocycles. The smallest absolute Gasteiger partial charge is 0.222 e. The summed E-state index contributed by atoms with van der Waals surface area (Å²) in [6.07, 6.45) is 2.61. The van der Waals surface area contributed by atoms with E-state index in [1.807, 2.05) is 41.3 Å². The second kappa shape index (κ2) is 12.3. The van der Waals surface area contributed by atoms with E-state index in [2.05, 4.69) is 5.32 Å². The molecule has 0 atom stereocenters. The van der Waals surface area contributed by atoms with Crippen LogP contribution in [0.1, 0.15) is 30.4 Å². The first-order chi connectivity index (χ1) is 14.1. The molecule has 1 aliphatic heterocycles. The molecule has 0 bridgehead atoms. The predicted octanol–water partition coefficient (Wildman–Crippen LogP) is 5.10. The predicted molar refractivity (Wildman–Crippen MR) is 123 cm³/mol. The molecule has 1 aliphatic rings. The SMILES string of the molecule is COc1cc(CNCCCN2CCCC2=O)cc(Cl)c1OCc1ccc(Cl)cc1.Cl. The molecular weight excluding hydrogens is 447 g/mol. The first kappa shape index (κ1) is 24.6. The van der Waals surface area contributed by atoms with E-state index in [4.69, 9.17) is 32.7 Å². The molecule has 164 valence electrons. The summed E-state index contributed by atoms with van der Waals surface area (Å²) in [4.78, 5) is 13.6. The molecule has 8 heteroatoms. The van der Waals surface area contributed by atoms with Crippen molar-refractivity contribution in [2.24, 2.45) is 0 Å². The van der Waals surface area contributed by atoms with Gasteiger partial charge in [-0.25, -0.2) is 0 Å². The second-order valence-electron chi connectivity index (χ2n) is 7.04. The lowest BCUT2D eigenvalue weighted by Crippen LogP contribution is -2.28. The molecule has 0 spiro atoms. The van der Waals surface area contributed by atoms with E-state index >= 15 is 0 Å². The maximum atomic E-state index is 11.6. The molecule has 2 aromatic carbocycles. The molecule has 0 unspecified atom stereocenters. The number of carbonyl (C=O) groups excluding carboxylic acids is 1. The van der Waals surface area contributed by atoms with Crippen molar-refractivity contribution in [2.75, 3.05) is 26.7 Å². The summed E-state index contributed by atoms with van der Waals surface area (Å²) in [5, 5.41) is 4.60. The largest absolute Gasteiger partial charge is 0.493 e. The van der Waals surface area contributed by atoms with Gasteiger partial charge in [0.05, 0.1) is 12.1 Å². The van der Waals surface area contributed by atoms with Crippen LogP contribution in [0.4, 0.5) is 0 Å². The zero-order valence-electron chi connectivity index (χ0n) is 17.0. The number of ether oxygens (including phenoxy) is 2. The average molecular weight is 474 g/mol. The van der Waals surface area contributed by atoms with E-state index in [9.17, 15) is 4.79 Å².